The van der Waals surface area contributed by atoms with Gasteiger partial charge in [-0.3, -0.25) is 19.8 Å². The maximum Gasteiger partial charge on any atom is 0.270 e. The number of benzene rings is 1. The Kier molecular flexibility index (Phi) is 3.80. The van der Waals surface area contributed by atoms with Gasteiger partial charge in [0.05, 0.1) is 11.8 Å². The van der Waals surface area contributed by atoms with Crippen molar-refractivity contribution in [2.24, 2.45) is 11.8 Å². The lowest BCUT2D eigenvalue weighted by molar-refractivity contribution is -0.142. The molecule has 6 heteroatoms. The van der Waals surface area contributed by atoms with Gasteiger partial charge in [0.25, 0.3) is 17.7 Å². The van der Waals surface area contributed by atoms with Crippen molar-refractivity contribution in [1.82, 2.24) is 10.4 Å². The molecular weight excluding hydrogens is 336 g/mol. The van der Waals surface area contributed by atoms with E-state index in [1.54, 1.807) is 24.3 Å². The number of fused-ring (bicyclic) bond motifs is 1. The molecule has 1 aromatic rings. The predicted octanol–water partition coefficient (Wildman–Crippen LogP) is 2.27. The molecule has 3 rings (SSSR count). The zero-order chi connectivity index (χ0) is 15.0. The summed E-state index contributed by atoms with van der Waals surface area (Å²) in [6.07, 6.45) is 3.41. The molecular formula is C15H15BrN2O3. The van der Waals surface area contributed by atoms with Crippen LogP contribution in [0.3, 0.4) is 0 Å². The summed E-state index contributed by atoms with van der Waals surface area (Å²) in [5.41, 5.74) is 2.86. The van der Waals surface area contributed by atoms with Crippen molar-refractivity contribution in [3.63, 3.8) is 0 Å². The third-order valence-corrected chi connectivity index (χ3v) is 4.69. The van der Waals surface area contributed by atoms with Crippen LogP contribution in [0.15, 0.2) is 28.7 Å². The van der Waals surface area contributed by atoms with E-state index in [2.05, 4.69) is 21.4 Å². The van der Waals surface area contributed by atoms with Crippen molar-refractivity contribution in [1.29, 1.82) is 0 Å². The van der Waals surface area contributed by atoms with Crippen molar-refractivity contribution in [3.8, 4) is 0 Å². The van der Waals surface area contributed by atoms with E-state index in [4.69, 9.17) is 0 Å². The van der Waals surface area contributed by atoms with E-state index in [0.717, 1.165) is 35.2 Å². The first-order chi connectivity index (χ1) is 10.1. The van der Waals surface area contributed by atoms with Gasteiger partial charge in [-0.05, 0) is 37.1 Å². The topological polar surface area (TPSA) is 66.5 Å². The van der Waals surface area contributed by atoms with Crippen LogP contribution in [0.25, 0.3) is 0 Å². The fourth-order valence-corrected chi connectivity index (χ4v) is 3.30. The Morgan fingerprint density at radius 3 is 2.10 bits per heavy atom. The van der Waals surface area contributed by atoms with Gasteiger partial charge in [-0.2, -0.15) is 5.01 Å². The highest BCUT2D eigenvalue weighted by Gasteiger charge is 2.49. The highest BCUT2D eigenvalue weighted by molar-refractivity contribution is 9.10. The molecule has 1 aliphatic heterocycles. The Balaban J connectivity index is 1.75. The quantitative estimate of drug-likeness (QED) is 0.832. The second kappa shape index (κ2) is 5.60. The zero-order valence-electron chi connectivity index (χ0n) is 11.3. The standard InChI is InChI=1S/C15H15BrN2O3/c16-10-7-5-9(6-8-10)13(19)17-18-14(20)11-3-1-2-4-12(11)15(18)21/h5-8,11-12H,1-4H2,(H,17,19)/t11-,12+. The van der Waals surface area contributed by atoms with Crippen molar-refractivity contribution in [2.75, 3.05) is 0 Å². The lowest BCUT2D eigenvalue weighted by Gasteiger charge is -2.19. The summed E-state index contributed by atoms with van der Waals surface area (Å²) in [6, 6.07) is 6.75. The van der Waals surface area contributed by atoms with Gasteiger partial charge in [-0.25, -0.2) is 0 Å². The number of nitrogens with one attached hydrogen (secondary N) is 1. The fourth-order valence-electron chi connectivity index (χ4n) is 3.04. The van der Waals surface area contributed by atoms with E-state index >= 15 is 0 Å². The molecule has 110 valence electrons. The second-order valence-electron chi connectivity index (χ2n) is 5.46. The Hall–Kier alpha value is -1.69. The van der Waals surface area contributed by atoms with E-state index < -0.39 is 5.91 Å². The molecule has 0 aromatic heterocycles. The van der Waals surface area contributed by atoms with Crippen LogP contribution >= 0.6 is 15.9 Å². The SMILES string of the molecule is O=C(NN1C(=O)[C@H]2CCCC[C@H]2C1=O)c1ccc(Br)cc1. The number of halogens is 1. The number of hydrazine groups is 1. The van der Waals surface area contributed by atoms with Crippen molar-refractivity contribution in [3.05, 3.63) is 34.3 Å². The summed E-state index contributed by atoms with van der Waals surface area (Å²) >= 11 is 3.29. The lowest BCUT2D eigenvalue weighted by atomic mass is 9.81. The molecule has 3 amide bonds. The Labute approximate surface area is 130 Å². The molecule has 1 saturated heterocycles. The van der Waals surface area contributed by atoms with Gasteiger partial charge in [0.1, 0.15) is 0 Å². The molecule has 1 heterocycles. The van der Waals surface area contributed by atoms with Crippen molar-refractivity contribution >= 4 is 33.7 Å². The molecule has 0 radical (unpaired) electrons. The predicted molar refractivity (Wildman–Crippen MR) is 78.9 cm³/mol. The largest absolute Gasteiger partial charge is 0.272 e. The molecule has 1 aromatic carbocycles. The van der Waals surface area contributed by atoms with Gasteiger partial charge in [0.15, 0.2) is 0 Å². The molecule has 1 saturated carbocycles. The van der Waals surface area contributed by atoms with E-state index in [-0.39, 0.29) is 23.7 Å². The maximum atomic E-state index is 12.3. The van der Waals surface area contributed by atoms with Gasteiger partial charge in [0.2, 0.25) is 0 Å². The Morgan fingerprint density at radius 2 is 1.57 bits per heavy atom. The third kappa shape index (κ3) is 2.60. The van der Waals surface area contributed by atoms with Crippen LogP contribution in [0.5, 0.6) is 0 Å². The molecule has 2 fully saturated rings. The highest BCUT2D eigenvalue weighted by atomic mass is 79.9. The monoisotopic (exact) mass is 350 g/mol. The average molecular weight is 351 g/mol. The van der Waals surface area contributed by atoms with Crippen molar-refractivity contribution < 1.29 is 14.4 Å². The fraction of sp³-hybridized carbons (Fsp3) is 0.400. The summed E-state index contributed by atoms with van der Waals surface area (Å²) < 4.78 is 0.860. The number of imide groups is 1. The van der Waals surface area contributed by atoms with Crippen LogP contribution in [0, 0.1) is 11.8 Å². The molecule has 2 aliphatic rings. The maximum absolute atomic E-state index is 12.3. The number of hydrogen-bond acceptors (Lipinski definition) is 3. The first-order valence-corrected chi connectivity index (χ1v) is 7.81. The number of carbonyl (C=O) groups is 3. The van der Waals surface area contributed by atoms with Crippen molar-refractivity contribution in [2.45, 2.75) is 25.7 Å². The van der Waals surface area contributed by atoms with E-state index in [1.807, 2.05) is 0 Å². The number of rotatable bonds is 2. The molecule has 2 atom stereocenters. The molecule has 1 N–H and O–H groups in total. The minimum absolute atomic E-state index is 0.253. The zero-order valence-corrected chi connectivity index (χ0v) is 12.9. The van der Waals surface area contributed by atoms with Gasteiger partial charge in [-0.1, -0.05) is 28.8 Å². The van der Waals surface area contributed by atoms with E-state index in [9.17, 15) is 14.4 Å². The van der Waals surface area contributed by atoms with Gasteiger partial charge >= 0.3 is 0 Å². The number of carbonyl (C=O) groups excluding carboxylic acids is 3. The Morgan fingerprint density at radius 1 is 1.05 bits per heavy atom. The first kappa shape index (κ1) is 14.3. The molecule has 21 heavy (non-hydrogen) atoms. The summed E-state index contributed by atoms with van der Waals surface area (Å²) in [4.78, 5) is 36.6. The first-order valence-electron chi connectivity index (χ1n) is 7.02. The molecule has 5 nitrogen and oxygen atoms in total. The van der Waals surface area contributed by atoms with Crippen LogP contribution in [0.1, 0.15) is 36.0 Å². The minimum atomic E-state index is -0.442. The minimum Gasteiger partial charge on any atom is -0.272 e. The van der Waals surface area contributed by atoms with Crippen LogP contribution in [-0.2, 0) is 9.59 Å². The average Bonchev–Trinajstić information content (AvgIpc) is 2.73. The summed E-state index contributed by atoms with van der Waals surface area (Å²) in [5, 5.41) is 0.922. The van der Waals surface area contributed by atoms with Gasteiger partial charge < -0.3 is 0 Å². The van der Waals surface area contributed by atoms with E-state index in [1.165, 1.54) is 0 Å². The van der Waals surface area contributed by atoms with E-state index in [0.29, 0.717) is 5.56 Å². The number of hydrogen-bond donors (Lipinski definition) is 1. The summed E-state index contributed by atoms with van der Waals surface area (Å²) in [7, 11) is 0. The van der Waals surface area contributed by atoms with Gasteiger partial charge in [0, 0.05) is 10.0 Å². The van der Waals surface area contributed by atoms with Crippen LogP contribution < -0.4 is 5.43 Å². The number of amides is 3. The highest BCUT2D eigenvalue weighted by Crippen LogP contribution is 2.37. The normalized spacial score (nSPS) is 24.9. The molecule has 1 aliphatic carbocycles. The Bertz CT molecular complexity index is 575. The molecule has 0 bridgehead atoms. The summed E-state index contributed by atoms with van der Waals surface area (Å²) in [5.74, 6) is -1.49. The second-order valence-corrected chi connectivity index (χ2v) is 6.37. The third-order valence-electron chi connectivity index (χ3n) is 4.16. The van der Waals surface area contributed by atoms with Crippen LogP contribution in [-0.4, -0.2) is 22.7 Å². The molecule has 0 spiro atoms. The number of nitrogens with zero attached hydrogens (tertiary/aromatic N) is 1. The van der Waals surface area contributed by atoms with Crippen LogP contribution in [0.4, 0.5) is 0 Å². The summed E-state index contributed by atoms with van der Waals surface area (Å²) in [6.45, 7) is 0. The molecule has 0 unspecified atom stereocenters. The van der Waals surface area contributed by atoms with Crippen LogP contribution in [0.2, 0.25) is 0 Å². The lowest BCUT2D eigenvalue weighted by Crippen LogP contribution is -2.46. The van der Waals surface area contributed by atoms with Gasteiger partial charge in [-0.15, -0.1) is 0 Å². The smallest absolute Gasteiger partial charge is 0.270 e.